The number of hydrogen-bond donors (Lipinski definition) is 6. The van der Waals surface area contributed by atoms with Crippen molar-refractivity contribution in [3.63, 3.8) is 0 Å². The molecule has 10 nitrogen and oxygen atoms in total. The second-order valence-electron chi connectivity index (χ2n) is 9.95. The number of benzene rings is 1. The van der Waals surface area contributed by atoms with E-state index in [1.165, 1.54) is 6.07 Å². The van der Waals surface area contributed by atoms with Gasteiger partial charge in [0.25, 0.3) is 0 Å². The number of nitrogens with one attached hydrogen (secondary N) is 1. The van der Waals surface area contributed by atoms with Gasteiger partial charge in [0.1, 0.15) is 23.2 Å². The van der Waals surface area contributed by atoms with Gasteiger partial charge in [-0.05, 0) is 55.0 Å². The van der Waals surface area contributed by atoms with E-state index in [4.69, 9.17) is 10.5 Å². The number of likely N-dealkylation sites (tertiary alicyclic amines) is 1. The van der Waals surface area contributed by atoms with Gasteiger partial charge in [0.2, 0.25) is 5.91 Å². The maximum Gasteiger partial charge on any atom is 0.455 e. The van der Waals surface area contributed by atoms with E-state index >= 15 is 0 Å². The van der Waals surface area contributed by atoms with Gasteiger partial charge >= 0.3 is 13.1 Å². The summed E-state index contributed by atoms with van der Waals surface area (Å²) in [5.41, 5.74) is 5.48. The fourth-order valence-corrected chi connectivity index (χ4v) is 4.93. The highest BCUT2D eigenvalue weighted by atomic mass is 16.5. The highest BCUT2D eigenvalue weighted by molar-refractivity contribution is 6.43. The summed E-state index contributed by atoms with van der Waals surface area (Å²) in [4.78, 5) is 26.3. The molecule has 1 aliphatic heterocycles. The van der Waals surface area contributed by atoms with Gasteiger partial charge in [-0.25, -0.2) is 4.79 Å². The number of nitrogens with two attached hydrogens (primary N) is 1. The average molecular weight is 491 g/mol. The Morgan fingerprint density at radius 3 is 2.43 bits per heavy atom. The molecule has 2 atom stereocenters. The van der Waals surface area contributed by atoms with E-state index in [-0.39, 0.29) is 23.3 Å². The van der Waals surface area contributed by atoms with Crippen LogP contribution in [0.3, 0.4) is 0 Å². The van der Waals surface area contributed by atoms with Gasteiger partial charge in [-0.15, -0.1) is 0 Å². The van der Waals surface area contributed by atoms with E-state index < -0.39 is 30.6 Å². The molecule has 1 saturated heterocycles. The number of carbonyl (C=O) groups excluding carboxylic acids is 1. The molecule has 3 rings (SSSR count). The zero-order valence-electron chi connectivity index (χ0n) is 20.5. The summed E-state index contributed by atoms with van der Waals surface area (Å²) < 4.78 is 5.84. The quantitative estimate of drug-likeness (QED) is 0.249. The van der Waals surface area contributed by atoms with Gasteiger partial charge < -0.3 is 40.9 Å². The normalized spacial score (nSPS) is 22.3. The molecule has 7 N–H and O–H groups in total. The lowest BCUT2D eigenvalue weighted by Gasteiger charge is -2.40. The van der Waals surface area contributed by atoms with E-state index in [1.54, 1.807) is 24.8 Å². The molecule has 11 heteroatoms. The van der Waals surface area contributed by atoms with E-state index in [2.05, 4.69) is 5.32 Å². The molecule has 0 spiro atoms. The second-order valence-corrected chi connectivity index (χ2v) is 9.95. The summed E-state index contributed by atoms with van der Waals surface area (Å²) in [5.74, 6) is -2.40. The summed E-state index contributed by atoms with van der Waals surface area (Å²) in [7, 11) is -1.60. The monoisotopic (exact) mass is 491 g/mol. The zero-order valence-corrected chi connectivity index (χ0v) is 20.5. The molecule has 2 aliphatic rings. The summed E-state index contributed by atoms with van der Waals surface area (Å²) in [6, 6.07) is 3.51. The van der Waals surface area contributed by atoms with Gasteiger partial charge in [-0.2, -0.15) is 0 Å². The standard InChI is InChI=1S/C24H38BN3O7/c1-14(15(2)25(33)34)19-7-8-20(22(23(19)30)24(31)32)35-18-12-28(13-18)21(29)11-16-3-5-17(6-4-16)27-10-9-26/h7-8,14-18,27,30,33-34H,3-6,9-13,26H2,1-2H3,(H,31,32)/t14-,15+,16-,17-/m0/s1. The topological polar surface area (TPSA) is 166 Å². The predicted molar refractivity (Wildman–Crippen MR) is 132 cm³/mol. The molecular weight excluding hydrogens is 453 g/mol. The van der Waals surface area contributed by atoms with Crippen molar-refractivity contribution in [2.24, 2.45) is 11.7 Å². The Bertz CT molecular complexity index is 886. The fraction of sp³-hybridized carbons (Fsp3) is 0.667. The highest BCUT2D eigenvalue weighted by Crippen LogP contribution is 2.40. The maximum absolute atomic E-state index is 12.7. The van der Waals surface area contributed by atoms with Crippen LogP contribution >= 0.6 is 0 Å². The van der Waals surface area contributed by atoms with Crippen LogP contribution in [0.4, 0.5) is 0 Å². The van der Waals surface area contributed by atoms with Gasteiger partial charge in [0.05, 0.1) is 13.1 Å². The number of nitrogens with zero attached hydrogens (tertiary/aromatic N) is 1. The number of rotatable bonds is 11. The predicted octanol–water partition coefficient (Wildman–Crippen LogP) is 1.14. The van der Waals surface area contributed by atoms with Crippen LogP contribution < -0.4 is 15.8 Å². The molecular formula is C24H38BN3O7. The number of aromatic hydroxyl groups is 1. The number of amides is 1. The van der Waals surface area contributed by atoms with Crippen molar-refractivity contribution in [3.8, 4) is 11.5 Å². The number of aromatic carboxylic acids is 1. The summed E-state index contributed by atoms with van der Waals surface area (Å²) >= 11 is 0. The second kappa shape index (κ2) is 12.1. The molecule has 1 saturated carbocycles. The van der Waals surface area contributed by atoms with Crippen LogP contribution in [0, 0.1) is 5.92 Å². The number of ether oxygens (including phenoxy) is 1. The Kier molecular flexibility index (Phi) is 9.40. The van der Waals surface area contributed by atoms with E-state index in [1.807, 2.05) is 0 Å². The van der Waals surface area contributed by atoms with Crippen LogP contribution in [-0.2, 0) is 4.79 Å². The van der Waals surface area contributed by atoms with Gasteiger partial charge in [0.15, 0.2) is 0 Å². The molecule has 2 fully saturated rings. The van der Waals surface area contributed by atoms with Crippen LogP contribution in [0.2, 0.25) is 5.82 Å². The molecule has 1 aromatic carbocycles. The minimum Gasteiger partial charge on any atom is -0.507 e. The Hall–Kier alpha value is -2.34. The summed E-state index contributed by atoms with van der Waals surface area (Å²) in [6.07, 6.45) is 4.29. The Morgan fingerprint density at radius 1 is 1.20 bits per heavy atom. The smallest absolute Gasteiger partial charge is 0.455 e. The minimum absolute atomic E-state index is 0.0311. The summed E-state index contributed by atoms with van der Waals surface area (Å²) in [5, 5.41) is 42.6. The summed E-state index contributed by atoms with van der Waals surface area (Å²) in [6.45, 7) is 5.47. The van der Waals surface area contributed by atoms with Gasteiger partial charge in [-0.3, -0.25) is 4.79 Å². The average Bonchev–Trinajstić information content (AvgIpc) is 2.79. The third-order valence-electron chi connectivity index (χ3n) is 7.52. The van der Waals surface area contributed by atoms with Crippen LogP contribution in [0.15, 0.2) is 12.1 Å². The van der Waals surface area contributed by atoms with Crippen molar-refractivity contribution < 1.29 is 34.6 Å². The zero-order chi connectivity index (χ0) is 25.7. The van der Waals surface area contributed by atoms with E-state index in [0.29, 0.717) is 43.6 Å². The molecule has 1 amide bonds. The SMILES string of the molecule is C[C@H](c1ccc(OC2CN(C(=O)C[C@H]3CC[C@H](NCCN)CC3)C2)c(C(=O)O)c1O)[C@@H](C)B(O)O. The Labute approximate surface area is 206 Å². The first-order chi connectivity index (χ1) is 16.6. The van der Waals surface area contributed by atoms with Crippen molar-refractivity contribution in [2.45, 2.75) is 69.8 Å². The van der Waals surface area contributed by atoms with Crippen molar-refractivity contribution in [1.29, 1.82) is 0 Å². The first-order valence-corrected chi connectivity index (χ1v) is 12.5. The lowest BCUT2D eigenvalue weighted by molar-refractivity contribution is -0.141. The van der Waals surface area contributed by atoms with Crippen molar-refractivity contribution in [2.75, 3.05) is 26.2 Å². The number of carbonyl (C=O) groups is 2. The third-order valence-corrected chi connectivity index (χ3v) is 7.52. The lowest BCUT2D eigenvalue weighted by Crippen LogP contribution is -2.56. The Balaban J connectivity index is 1.53. The van der Waals surface area contributed by atoms with Gasteiger partial charge in [-0.1, -0.05) is 19.9 Å². The van der Waals surface area contributed by atoms with Crippen LogP contribution in [0.25, 0.3) is 0 Å². The molecule has 194 valence electrons. The Morgan fingerprint density at radius 2 is 1.86 bits per heavy atom. The number of carboxylic acid groups (broad SMARTS) is 1. The lowest BCUT2D eigenvalue weighted by atomic mass is 9.65. The molecule has 1 aliphatic carbocycles. The first-order valence-electron chi connectivity index (χ1n) is 12.5. The van der Waals surface area contributed by atoms with E-state index in [9.17, 15) is 29.9 Å². The fourth-order valence-electron chi connectivity index (χ4n) is 4.93. The molecule has 0 unspecified atom stereocenters. The van der Waals surface area contributed by atoms with Gasteiger partial charge in [0, 0.05) is 25.6 Å². The van der Waals surface area contributed by atoms with Crippen LogP contribution in [0.1, 0.15) is 67.8 Å². The molecule has 0 aromatic heterocycles. The highest BCUT2D eigenvalue weighted by Gasteiger charge is 2.36. The minimum atomic E-state index is -1.60. The molecule has 1 heterocycles. The number of carboxylic acids is 1. The first kappa shape index (κ1) is 27.3. The molecule has 0 bridgehead atoms. The molecule has 1 aromatic rings. The van der Waals surface area contributed by atoms with Crippen LogP contribution in [-0.4, -0.2) is 82.5 Å². The largest absolute Gasteiger partial charge is 0.507 e. The van der Waals surface area contributed by atoms with Crippen LogP contribution in [0.5, 0.6) is 11.5 Å². The van der Waals surface area contributed by atoms with Crippen molar-refractivity contribution in [1.82, 2.24) is 10.2 Å². The number of phenols is 1. The third kappa shape index (κ3) is 6.66. The molecule has 35 heavy (non-hydrogen) atoms. The maximum atomic E-state index is 12.7. The van der Waals surface area contributed by atoms with Crippen molar-refractivity contribution >= 4 is 19.0 Å². The number of hydrogen-bond acceptors (Lipinski definition) is 8. The van der Waals surface area contributed by atoms with Crippen molar-refractivity contribution in [3.05, 3.63) is 23.3 Å². The van der Waals surface area contributed by atoms with E-state index in [0.717, 1.165) is 32.2 Å². The molecule has 0 radical (unpaired) electrons.